The third-order valence-electron chi connectivity index (χ3n) is 3.40. The Labute approximate surface area is 113 Å². The highest BCUT2D eigenvalue weighted by atomic mass is 16.1. The number of aryl methyl sites for hydroxylation is 1. The number of carbonyl (C=O) groups excluding carboxylic acids is 1. The molecule has 4 N–H and O–H groups in total. The van der Waals surface area contributed by atoms with E-state index in [4.69, 9.17) is 5.73 Å². The van der Waals surface area contributed by atoms with E-state index in [2.05, 4.69) is 10.3 Å². The molecule has 2 aromatic rings. The molecule has 1 aromatic carbocycles. The van der Waals surface area contributed by atoms with Crippen LogP contribution in [-0.2, 0) is 0 Å². The zero-order valence-corrected chi connectivity index (χ0v) is 11.7. The summed E-state index contributed by atoms with van der Waals surface area (Å²) in [5.41, 5.74) is 8.19. The Hall–Kier alpha value is -1.81. The van der Waals surface area contributed by atoms with E-state index < -0.39 is 0 Å². The molecule has 1 aromatic heterocycles. The van der Waals surface area contributed by atoms with Gasteiger partial charge in [0.05, 0.1) is 5.56 Å². The minimum atomic E-state index is -0.0876. The number of carbonyl (C=O) groups is 1. The van der Waals surface area contributed by atoms with Crippen molar-refractivity contribution in [2.45, 2.75) is 20.8 Å². The van der Waals surface area contributed by atoms with Crippen molar-refractivity contribution >= 4 is 16.8 Å². The molecule has 0 aliphatic carbocycles. The maximum absolute atomic E-state index is 12.3. The molecule has 1 heterocycles. The van der Waals surface area contributed by atoms with Crippen LogP contribution < -0.4 is 11.1 Å². The molecule has 0 saturated heterocycles. The molecule has 0 aliphatic heterocycles. The quantitative estimate of drug-likeness (QED) is 0.787. The van der Waals surface area contributed by atoms with Crippen LogP contribution in [0.15, 0.2) is 24.3 Å². The number of hydrogen-bond donors (Lipinski definition) is 3. The van der Waals surface area contributed by atoms with Crippen LogP contribution in [-0.4, -0.2) is 24.0 Å². The highest BCUT2D eigenvalue weighted by Crippen LogP contribution is 2.22. The lowest BCUT2D eigenvalue weighted by molar-refractivity contribution is 0.0939. The molecular weight excluding hydrogens is 238 g/mol. The number of nitrogens with two attached hydrogens (primary N) is 1. The summed E-state index contributed by atoms with van der Waals surface area (Å²) in [7, 11) is 0. The van der Waals surface area contributed by atoms with E-state index in [-0.39, 0.29) is 11.3 Å². The Morgan fingerprint density at radius 2 is 2.05 bits per heavy atom. The van der Waals surface area contributed by atoms with Gasteiger partial charge in [0.2, 0.25) is 0 Å². The first kappa shape index (κ1) is 13.6. The van der Waals surface area contributed by atoms with Gasteiger partial charge in [0.25, 0.3) is 5.91 Å². The minimum Gasteiger partial charge on any atom is -0.358 e. The molecule has 0 spiro atoms. The zero-order chi connectivity index (χ0) is 14.0. The van der Waals surface area contributed by atoms with E-state index in [1.54, 1.807) is 0 Å². The number of benzene rings is 1. The third kappa shape index (κ3) is 2.79. The van der Waals surface area contributed by atoms with Gasteiger partial charge in [-0.15, -0.1) is 0 Å². The summed E-state index contributed by atoms with van der Waals surface area (Å²) in [6, 6.07) is 7.83. The summed E-state index contributed by atoms with van der Waals surface area (Å²) in [5, 5.41) is 3.93. The summed E-state index contributed by atoms with van der Waals surface area (Å²) in [4.78, 5) is 15.6. The standard InChI is InChI=1S/C15H21N3O/c1-10-13(11-6-4-5-7-12(11)18-10)14(19)17-9-15(2,3)8-16/h4-7,18H,8-9,16H2,1-3H3,(H,17,19). The van der Waals surface area contributed by atoms with Gasteiger partial charge in [-0.1, -0.05) is 32.0 Å². The lowest BCUT2D eigenvalue weighted by Gasteiger charge is -2.22. The fraction of sp³-hybridized carbons (Fsp3) is 0.400. The van der Waals surface area contributed by atoms with Gasteiger partial charge < -0.3 is 16.0 Å². The van der Waals surface area contributed by atoms with Crippen molar-refractivity contribution in [3.63, 3.8) is 0 Å². The summed E-state index contributed by atoms with van der Waals surface area (Å²) < 4.78 is 0. The van der Waals surface area contributed by atoms with Gasteiger partial charge in [0.1, 0.15) is 0 Å². The largest absolute Gasteiger partial charge is 0.358 e. The lowest BCUT2D eigenvalue weighted by Crippen LogP contribution is -2.38. The lowest BCUT2D eigenvalue weighted by atomic mass is 9.94. The van der Waals surface area contributed by atoms with E-state index in [0.29, 0.717) is 13.1 Å². The average Bonchev–Trinajstić information content (AvgIpc) is 2.72. The topological polar surface area (TPSA) is 70.9 Å². The number of amides is 1. The van der Waals surface area contributed by atoms with Gasteiger partial charge in [-0.05, 0) is 24.9 Å². The van der Waals surface area contributed by atoms with E-state index in [9.17, 15) is 4.79 Å². The Morgan fingerprint density at radius 1 is 1.37 bits per heavy atom. The first-order chi connectivity index (χ1) is 8.94. The zero-order valence-electron chi connectivity index (χ0n) is 11.7. The normalized spacial score (nSPS) is 11.8. The van der Waals surface area contributed by atoms with Crippen molar-refractivity contribution < 1.29 is 4.79 Å². The summed E-state index contributed by atoms with van der Waals surface area (Å²) in [6.07, 6.45) is 0. The van der Waals surface area contributed by atoms with Crippen molar-refractivity contribution in [3.8, 4) is 0 Å². The molecule has 0 aliphatic rings. The van der Waals surface area contributed by atoms with E-state index in [0.717, 1.165) is 22.2 Å². The first-order valence-corrected chi connectivity index (χ1v) is 6.50. The SMILES string of the molecule is Cc1[nH]c2ccccc2c1C(=O)NCC(C)(C)CN. The molecule has 0 radical (unpaired) electrons. The first-order valence-electron chi connectivity index (χ1n) is 6.50. The number of rotatable bonds is 4. The molecule has 0 saturated carbocycles. The van der Waals surface area contributed by atoms with E-state index >= 15 is 0 Å². The number of aromatic amines is 1. The van der Waals surface area contributed by atoms with E-state index in [1.165, 1.54) is 0 Å². The monoisotopic (exact) mass is 259 g/mol. The van der Waals surface area contributed by atoms with Gasteiger partial charge in [-0.25, -0.2) is 0 Å². The molecule has 2 rings (SSSR count). The Morgan fingerprint density at radius 3 is 2.74 bits per heavy atom. The van der Waals surface area contributed by atoms with Gasteiger partial charge in [0.15, 0.2) is 0 Å². The van der Waals surface area contributed by atoms with Crippen LogP contribution in [0.3, 0.4) is 0 Å². The molecule has 1 amide bonds. The number of H-pyrrole nitrogens is 1. The van der Waals surface area contributed by atoms with Crippen LogP contribution in [0.1, 0.15) is 29.9 Å². The summed E-state index contributed by atoms with van der Waals surface area (Å²) >= 11 is 0. The van der Waals surface area contributed by atoms with E-state index in [1.807, 2.05) is 45.0 Å². The van der Waals surface area contributed by atoms with Crippen LogP contribution in [0.5, 0.6) is 0 Å². The summed E-state index contributed by atoms with van der Waals surface area (Å²) in [5.74, 6) is -0.0449. The highest BCUT2D eigenvalue weighted by molar-refractivity contribution is 6.08. The fourth-order valence-corrected chi connectivity index (χ4v) is 2.05. The predicted octanol–water partition coefficient (Wildman–Crippen LogP) is 2.19. The van der Waals surface area contributed by atoms with Crippen LogP contribution in [0, 0.1) is 12.3 Å². The number of nitrogens with one attached hydrogen (secondary N) is 2. The molecular formula is C15H21N3O. The molecule has 4 nitrogen and oxygen atoms in total. The van der Waals surface area contributed by atoms with Crippen molar-refractivity contribution in [2.75, 3.05) is 13.1 Å². The smallest absolute Gasteiger partial charge is 0.253 e. The molecule has 0 unspecified atom stereocenters. The summed E-state index contributed by atoms with van der Waals surface area (Å²) in [6.45, 7) is 7.11. The second-order valence-electron chi connectivity index (χ2n) is 5.72. The van der Waals surface area contributed by atoms with Crippen molar-refractivity contribution in [1.29, 1.82) is 0 Å². The predicted molar refractivity (Wildman–Crippen MR) is 78.2 cm³/mol. The Kier molecular flexibility index (Phi) is 3.62. The van der Waals surface area contributed by atoms with Crippen LogP contribution in [0.2, 0.25) is 0 Å². The minimum absolute atomic E-state index is 0.0449. The molecule has 0 bridgehead atoms. The average molecular weight is 259 g/mol. The molecule has 19 heavy (non-hydrogen) atoms. The van der Waals surface area contributed by atoms with Crippen LogP contribution in [0.25, 0.3) is 10.9 Å². The third-order valence-corrected chi connectivity index (χ3v) is 3.40. The van der Waals surface area contributed by atoms with Crippen LogP contribution in [0.4, 0.5) is 0 Å². The maximum Gasteiger partial charge on any atom is 0.253 e. The number of para-hydroxylation sites is 1. The van der Waals surface area contributed by atoms with Gasteiger partial charge >= 0.3 is 0 Å². The molecule has 4 heteroatoms. The highest BCUT2D eigenvalue weighted by Gasteiger charge is 2.20. The maximum atomic E-state index is 12.3. The van der Waals surface area contributed by atoms with Crippen molar-refractivity contribution in [3.05, 3.63) is 35.5 Å². The molecule has 0 fully saturated rings. The molecule has 102 valence electrons. The van der Waals surface area contributed by atoms with Crippen LogP contribution >= 0.6 is 0 Å². The van der Waals surface area contributed by atoms with Gasteiger partial charge in [0, 0.05) is 23.1 Å². The van der Waals surface area contributed by atoms with Crippen molar-refractivity contribution in [1.82, 2.24) is 10.3 Å². The number of fused-ring (bicyclic) bond motifs is 1. The number of hydrogen-bond acceptors (Lipinski definition) is 2. The van der Waals surface area contributed by atoms with Crippen molar-refractivity contribution in [2.24, 2.45) is 11.1 Å². The molecule has 0 atom stereocenters. The Bertz CT molecular complexity index is 598. The second-order valence-corrected chi connectivity index (χ2v) is 5.72. The second kappa shape index (κ2) is 5.05. The fourth-order valence-electron chi connectivity index (χ4n) is 2.05. The number of aromatic nitrogens is 1. The Balaban J connectivity index is 2.24. The van der Waals surface area contributed by atoms with Gasteiger partial charge in [-0.3, -0.25) is 4.79 Å². The van der Waals surface area contributed by atoms with Gasteiger partial charge in [-0.2, -0.15) is 0 Å².